The van der Waals surface area contributed by atoms with E-state index in [1.165, 1.54) is 11.3 Å². The fourth-order valence-electron chi connectivity index (χ4n) is 2.44. The number of fused-ring (bicyclic) bond motifs is 1. The minimum atomic E-state index is -0.0419. The number of hydrogen-bond acceptors (Lipinski definition) is 4. The smallest absolute Gasteiger partial charge is 0.243 e. The lowest BCUT2D eigenvalue weighted by atomic mass is 10.1. The first-order valence-electron chi connectivity index (χ1n) is 6.30. The molecule has 3 rings (SSSR count). The van der Waals surface area contributed by atoms with E-state index in [1.807, 2.05) is 41.3 Å². The van der Waals surface area contributed by atoms with Crippen LogP contribution in [-0.4, -0.2) is 19.0 Å². The molecule has 0 saturated heterocycles. The van der Waals surface area contributed by atoms with E-state index in [0.29, 0.717) is 13.1 Å². The van der Waals surface area contributed by atoms with E-state index in [2.05, 4.69) is 5.32 Å². The zero-order chi connectivity index (χ0) is 14.1. The van der Waals surface area contributed by atoms with Crippen LogP contribution in [0.1, 0.15) is 10.9 Å². The topological polar surface area (TPSA) is 58.4 Å². The number of halogens is 1. The van der Waals surface area contributed by atoms with Crippen LogP contribution in [0.4, 0.5) is 11.4 Å². The van der Waals surface area contributed by atoms with E-state index < -0.39 is 0 Å². The van der Waals surface area contributed by atoms with Crippen molar-refractivity contribution in [3.63, 3.8) is 0 Å². The minimum Gasteiger partial charge on any atom is -0.351 e. The van der Waals surface area contributed by atoms with Gasteiger partial charge in [-0.15, -0.1) is 11.3 Å². The maximum absolute atomic E-state index is 11.9. The van der Waals surface area contributed by atoms with Gasteiger partial charge in [-0.2, -0.15) is 0 Å². The molecule has 6 heteroatoms. The fourth-order valence-corrected chi connectivity index (χ4v) is 3.63. The van der Waals surface area contributed by atoms with Gasteiger partial charge in [0.2, 0.25) is 5.91 Å². The van der Waals surface area contributed by atoms with Crippen LogP contribution in [0.2, 0.25) is 4.34 Å². The Morgan fingerprint density at radius 3 is 2.85 bits per heavy atom. The van der Waals surface area contributed by atoms with Gasteiger partial charge in [-0.1, -0.05) is 23.7 Å². The molecule has 0 saturated carbocycles. The number of hydrogen-bond donors (Lipinski definition) is 2. The number of carbonyl (C=O) groups excluding carboxylic acids is 1. The van der Waals surface area contributed by atoms with Gasteiger partial charge in [0.25, 0.3) is 0 Å². The van der Waals surface area contributed by atoms with Gasteiger partial charge in [0.05, 0.1) is 28.3 Å². The van der Waals surface area contributed by atoms with Crippen molar-refractivity contribution >= 4 is 40.2 Å². The molecule has 1 amide bonds. The Morgan fingerprint density at radius 2 is 2.15 bits per heavy atom. The molecule has 2 heterocycles. The highest BCUT2D eigenvalue weighted by atomic mass is 35.5. The molecule has 0 spiro atoms. The van der Waals surface area contributed by atoms with Gasteiger partial charge < -0.3 is 16.0 Å². The third-order valence-corrected chi connectivity index (χ3v) is 4.66. The summed E-state index contributed by atoms with van der Waals surface area (Å²) < 4.78 is 0.730. The molecule has 0 radical (unpaired) electrons. The number of carbonyl (C=O) groups is 1. The van der Waals surface area contributed by atoms with Crippen molar-refractivity contribution in [2.45, 2.75) is 6.04 Å². The molecule has 104 valence electrons. The standard InChI is InChI=1S/C14H14ClN3OS/c15-13-6-5-12(20-13)11(7-16)18-8-14(19)17-9-3-1-2-4-10(9)18/h1-6,11H,7-8,16H2,(H,17,19). The van der Waals surface area contributed by atoms with Crippen LogP contribution in [0.5, 0.6) is 0 Å². The highest BCUT2D eigenvalue weighted by Gasteiger charge is 2.28. The molecule has 0 fully saturated rings. The number of thiophene rings is 1. The maximum Gasteiger partial charge on any atom is 0.243 e. The van der Waals surface area contributed by atoms with Crippen LogP contribution >= 0.6 is 22.9 Å². The van der Waals surface area contributed by atoms with Gasteiger partial charge in [0, 0.05) is 11.4 Å². The van der Waals surface area contributed by atoms with Gasteiger partial charge in [-0.3, -0.25) is 4.79 Å². The van der Waals surface area contributed by atoms with Gasteiger partial charge in [0.1, 0.15) is 0 Å². The zero-order valence-corrected chi connectivity index (χ0v) is 12.2. The highest BCUT2D eigenvalue weighted by Crippen LogP contribution is 2.37. The third-order valence-electron chi connectivity index (χ3n) is 3.32. The summed E-state index contributed by atoms with van der Waals surface area (Å²) in [5, 5.41) is 2.88. The van der Waals surface area contributed by atoms with Crippen LogP contribution < -0.4 is 16.0 Å². The molecule has 0 bridgehead atoms. The second kappa shape index (κ2) is 5.44. The second-order valence-corrected chi connectivity index (χ2v) is 6.33. The number of nitrogens with zero attached hydrogens (tertiary/aromatic N) is 1. The molecule has 1 aromatic carbocycles. The number of para-hydroxylation sites is 2. The molecule has 1 atom stereocenters. The Hall–Kier alpha value is -1.56. The molecule has 20 heavy (non-hydrogen) atoms. The number of nitrogens with two attached hydrogens (primary N) is 1. The first kappa shape index (κ1) is 13.4. The first-order chi connectivity index (χ1) is 9.69. The number of nitrogens with one attached hydrogen (secondary N) is 1. The number of anilines is 2. The third kappa shape index (κ3) is 2.40. The van der Waals surface area contributed by atoms with Crippen molar-refractivity contribution in [2.24, 2.45) is 5.73 Å². The van der Waals surface area contributed by atoms with Crippen LogP contribution in [0.25, 0.3) is 0 Å². The molecule has 1 aliphatic heterocycles. The van der Waals surface area contributed by atoms with Crippen LogP contribution in [0, 0.1) is 0 Å². The monoisotopic (exact) mass is 307 g/mol. The summed E-state index contributed by atoms with van der Waals surface area (Å²) in [4.78, 5) is 15.0. The minimum absolute atomic E-state index is 0.0233. The summed E-state index contributed by atoms with van der Waals surface area (Å²) in [6, 6.07) is 11.5. The molecule has 1 aromatic heterocycles. The van der Waals surface area contributed by atoms with E-state index in [-0.39, 0.29) is 11.9 Å². The Kier molecular flexibility index (Phi) is 3.65. The lowest BCUT2D eigenvalue weighted by Crippen LogP contribution is -2.42. The van der Waals surface area contributed by atoms with Gasteiger partial charge in [-0.05, 0) is 24.3 Å². The van der Waals surface area contributed by atoms with E-state index >= 15 is 0 Å². The molecular weight excluding hydrogens is 294 g/mol. The van der Waals surface area contributed by atoms with Crippen molar-refractivity contribution in [2.75, 3.05) is 23.3 Å². The van der Waals surface area contributed by atoms with Crippen LogP contribution in [-0.2, 0) is 4.79 Å². The Bertz CT molecular complexity index is 643. The van der Waals surface area contributed by atoms with Gasteiger partial charge >= 0.3 is 0 Å². The second-order valence-electron chi connectivity index (χ2n) is 4.59. The van der Waals surface area contributed by atoms with Crippen LogP contribution in [0.3, 0.4) is 0 Å². The largest absolute Gasteiger partial charge is 0.351 e. The molecule has 3 N–H and O–H groups in total. The van der Waals surface area contributed by atoms with Crippen molar-refractivity contribution < 1.29 is 4.79 Å². The van der Waals surface area contributed by atoms with E-state index in [4.69, 9.17) is 17.3 Å². The Balaban J connectivity index is 2.02. The lowest BCUT2D eigenvalue weighted by molar-refractivity contribution is -0.115. The van der Waals surface area contributed by atoms with Gasteiger partial charge in [-0.25, -0.2) is 0 Å². The van der Waals surface area contributed by atoms with Gasteiger partial charge in [0.15, 0.2) is 0 Å². The van der Waals surface area contributed by atoms with Crippen LogP contribution in [0.15, 0.2) is 36.4 Å². The summed E-state index contributed by atoms with van der Waals surface area (Å²) in [6.45, 7) is 0.729. The lowest BCUT2D eigenvalue weighted by Gasteiger charge is -2.36. The molecule has 2 aromatic rings. The summed E-state index contributed by atoms with van der Waals surface area (Å²) in [5.41, 5.74) is 7.75. The van der Waals surface area contributed by atoms with Crippen molar-refractivity contribution in [3.05, 3.63) is 45.6 Å². The summed E-state index contributed by atoms with van der Waals surface area (Å²) in [6.07, 6.45) is 0. The first-order valence-corrected chi connectivity index (χ1v) is 7.49. The predicted octanol–water partition coefficient (Wildman–Crippen LogP) is 2.86. The Labute approximate surface area is 126 Å². The van der Waals surface area contributed by atoms with Crippen molar-refractivity contribution in [3.8, 4) is 0 Å². The van der Waals surface area contributed by atoms with E-state index in [1.54, 1.807) is 0 Å². The average Bonchev–Trinajstić information content (AvgIpc) is 2.86. The fraction of sp³-hybridized carbons (Fsp3) is 0.214. The highest BCUT2D eigenvalue weighted by molar-refractivity contribution is 7.16. The summed E-state index contributed by atoms with van der Waals surface area (Å²) in [7, 11) is 0. The zero-order valence-electron chi connectivity index (χ0n) is 10.7. The number of benzene rings is 1. The normalized spacial score (nSPS) is 15.7. The molecule has 1 unspecified atom stereocenters. The maximum atomic E-state index is 11.9. The number of amides is 1. The molecule has 1 aliphatic rings. The van der Waals surface area contributed by atoms with Crippen molar-refractivity contribution in [1.29, 1.82) is 0 Å². The average molecular weight is 308 g/mol. The Morgan fingerprint density at radius 1 is 1.35 bits per heavy atom. The van der Waals surface area contributed by atoms with Crippen molar-refractivity contribution in [1.82, 2.24) is 0 Å². The number of rotatable bonds is 3. The molecule has 4 nitrogen and oxygen atoms in total. The quantitative estimate of drug-likeness (QED) is 0.916. The summed E-state index contributed by atoms with van der Waals surface area (Å²) >= 11 is 7.51. The van der Waals surface area contributed by atoms with E-state index in [9.17, 15) is 4.79 Å². The molecule has 0 aliphatic carbocycles. The predicted molar refractivity (Wildman–Crippen MR) is 83.5 cm³/mol. The molecular formula is C14H14ClN3OS. The summed E-state index contributed by atoms with van der Waals surface area (Å²) in [5.74, 6) is -0.0233. The van der Waals surface area contributed by atoms with E-state index in [0.717, 1.165) is 20.6 Å². The SMILES string of the molecule is NCC(c1ccc(Cl)s1)N1CC(=O)Nc2ccccc21.